The van der Waals surface area contributed by atoms with E-state index in [9.17, 15) is 9.18 Å². The minimum absolute atomic E-state index is 0.0141. The molecule has 122 valence electrons. The van der Waals surface area contributed by atoms with Gasteiger partial charge in [-0.25, -0.2) is 4.39 Å². The van der Waals surface area contributed by atoms with Crippen molar-refractivity contribution in [2.75, 3.05) is 13.1 Å². The van der Waals surface area contributed by atoms with Crippen molar-refractivity contribution in [3.8, 4) is 18.1 Å². The number of carbonyl (C=O) groups is 1. The SMILES string of the molecule is C#CCCC1(CCNC(=O)C(CN)Oc2ccc(F)cc2)N=N1. The molecule has 0 radical (unpaired) electrons. The number of hydrogen-bond donors (Lipinski definition) is 2. The first kappa shape index (κ1) is 16.9. The van der Waals surface area contributed by atoms with E-state index in [1.807, 2.05) is 0 Å². The molecule has 7 heteroatoms. The van der Waals surface area contributed by atoms with Crippen LogP contribution in [0, 0.1) is 18.2 Å². The van der Waals surface area contributed by atoms with Gasteiger partial charge in [0.25, 0.3) is 5.91 Å². The molecule has 1 aromatic carbocycles. The van der Waals surface area contributed by atoms with Gasteiger partial charge in [0.15, 0.2) is 11.8 Å². The van der Waals surface area contributed by atoms with Crippen molar-refractivity contribution in [1.82, 2.24) is 5.32 Å². The summed E-state index contributed by atoms with van der Waals surface area (Å²) in [7, 11) is 0. The maximum absolute atomic E-state index is 12.8. The first-order chi connectivity index (χ1) is 11.1. The lowest BCUT2D eigenvalue weighted by Gasteiger charge is -2.17. The zero-order valence-electron chi connectivity index (χ0n) is 12.7. The molecule has 0 saturated carbocycles. The number of benzene rings is 1. The standard InChI is InChI=1S/C16H19FN4O2/c1-2-3-8-16(20-21-16)9-10-19-15(22)14(11-18)23-13-6-4-12(17)5-7-13/h1,4-7,14H,3,8-11,18H2,(H,19,22). The van der Waals surface area contributed by atoms with E-state index in [1.54, 1.807) is 0 Å². The monoisotopic (exact) mass is 318 g/mol. The maximum atomic E-state index is 12.8. The molecule has 0 aromatic heterocycles. The number of hydrogen-bond acceptors (Lipinski definition) is 5. The fourth-order valence-electron chi connectivity index (χ4n) is 2.05. The first-order valence-corrected chi connectivity index (χ1v) is 7.36. The number of terminal acetylenes is 1. The van der Waals surface area contributed by atoms with Crippen LogP contribution in [0.2, 0.25) is 0 Å². The van der Waals surface area contributed by atoms with Crippen LogP contribution in [0.4, 0.5) is 4.39 Å². The number of rotatable bonds is 9. The summed E-state index contributed by atoms with van der Waals surface area (Å²) < 4.78 is 18.3. The van der Waals surface area contributed by atoms with Crippen LogP contribution in [0.25, 0.3) is 0 Å². The van der Waals surface area contributed by atoms with Gasteiger partial charge in [-0.3, -0.25) is 4.79 Å². The van der Waals surface area contributed by atoms with Gasteiger partial charge < -0.3 is 15.8 Å². The summed E-state index contributed by atoms with van der Waals surface area (Å²) >= 11 is 0. The minimum Gasteiger partial charge on any atom is -0.479 e. The Bertz CT molecular complexity index is 604. The van der Waals surface area contributed by atoms with Gasteiger partial charge in [0.1, 0.15) is 11.6 Å². The summed E-state index contributed by atoms with van der Waals surface area (Å²) in [6.07, 6.45) is 6.26. The quantitative estimate of drug-likeness (QED) is 0.678. The molecule has 0 fully saturated rings. The lowest BCUT2D eigenvalue weighted by Crippen LogP contribution is -2.44. The molecule has 0 aliphatic carbocycles. The molecule has 1 aliphatic rings. The van der Waals surface area contributed by atoms with Gasteiger partial charge in [-0.1, -0.05) is 0 Å². The topological polar surface area (TPSA) is 89.1 Å². The molecule has 3 N–H and O–H groups in total. The summed E-state index contributed by atoms with van der Waals surface area (Å²) in [4.78, 5) is 12.1. The van der Waals surface area contributed by atoms with Crippen molar-refractivity contribution in [3.05, 3.63) is 30.1 Å². The molecule has 1 aromatic rings. The van der Waals surface area contributed by atoms with Gasteiger partial charge in [0, 0.05) is 32.4 Å². The average Bonchev–Trinajstić information content (AvgIpc) is 3.32. The molecule has 1 atom stereocenters. The van der Waals surface area contributed by atoms with Crippen LogP contribution in [0.5, 0.6) is 5.75 Å². The molecule has 1 heterocycles. The molecule has 1 aliphatic heterocycles. The first-order valence-electron chi connectivity index (χ1n) is 7.36. The summed E-state index contributed by atoms with van der Waals surface area (Å²) in [5.74, 6) is 2.23. The van der Waals surface area contributed by atoms with Gasteiger partial charge in [-0.05, 0) is 24.3 Å². The minimum atomic E-state index is -0.838. The van der Waals surface area contributed by atoms with Gasteiger partial charge in [-0.15, -0.1) is 12.3 Å². The Morgan fingerprint density at radius 3 is 2.65 bits per heavy atom. The number of ether oxygens (including phenoxy) is 1. The highest BCUT2D eigenvalue weighted by molar-refractivity contribution is 5.81. The number of nitrogens with zero attached hydrogens (tertiary/aromatic N) is 2. The van der Waals surface area contributed by atoms with Crippen LogP contribution in [-0.2, 0) is 4.79 Å². The molecule has 1 unspecified atom stereocenters. The van der Waals surface area contributed by atoms with Crippen LogP contribution in [0.3, 0.4) is 0 Å². The lowest BCUT2D eigenvalue weighted by atomic mass is 10.0. The number of amides is 1. The molecule has 1 amide bonds. The van der Waals surface area contributed by atoms with Gasteiger partial charge in [0.05, 0.1) is 0 Å². The van der Waals surface area contributed by atoms with Gasteiger partial charge in [-0.2, -0.15) is 10.2 Å². The normalized spacial score (nSPS) is 15.5. The van der Waals surface area contributed by atoms with Crippen LogP contribution in [-0.4, -0.2) is 30.8 Å². The van der Waals surface area contributed by atoms with Crippen molar-refractivity contribution < 1.29 is 13.9 Å². The van der Waals surface area contributed by atoms with E-state index in [2.05, 4.69) is 21.5 Å². The second-order valence-electron chi connectivity index (χ2n) is 5.22. The zero-order valence-corrected chi connectivity index (χ0v) is 12.7. The Labute approximate surface area is 134 Å². The summed E-state index contributed by atoms with van der Waals surface area (Å²) in [5, 5.41) is 10.7. The van der Waals surface area contributed by atoms with E-state index < -0.39 is 11.8 Å². The second-order valence-corrected chi connectivity index (χ2v) is 5.22. The third kappa shape index (κ3) is 5.04. The zero-order chi connectivity index (χ0) is 16.7. The van der Waals surface area contributed by atoms with E-state index in [4.69, 9.17) is 16.9 Å². The third-order valence-corrected chi connectivity index (χ3v) is 3.48. The van der Waals surface area contributed by atoms with E-state index in [0.29, 0.717) is 31.6 Å². The van der Waals surface area contributed by atoms with Crippen molar-refractivity contribution in [3.63, 3.8) is 0 Å². The smallest absolute Gasteiger partial charge is 0.262 e. The fraction of sp³-hybridized carbons (Fsp3) is 0.438. The van der Waals surface area contributed by atoms with Crippen LogP contribution in [0.1, 0.15) is 19.3 Å². The molecule has 0 spiro atoms. The Morgan fingerprint density at radius 1 is 1.39 bits per heavy atom. The summed E-state index contributed by atoms with van der Waals surface area (Å²) in [6.45, 7) is 0.417. The molecule has 0 saturated heterocycles. The highest BCUT2D eigenvalue weighted by atomic mass is 19.1. The van der Waals surface area contributed by atoms with E-state index in [1.165, 1.54) is 24.3 Å². The molecule has 2 rings (SSSR count). The van der Waals surface area contributed by atoms with Crippen molar-refractivity contribution in [1.29, 1.82) is 0 Å². The van der Waals surface area contributed by atoms with Crippen LogP contribution >= 0.6 is 0 Å². The maximum Gasteiger partial charge on any atom is 0.262 e. The predicted molar refractivity (Wildman–Crippen MR) is 83.2 cm³/mol. The Kier molecular flexibility index (Phi) is 5.66. The largest absolute Gasteiger partial charge is 0.479 e. The van der Waals surface area contributed by atoms with Crippen LogP contribution < -0.4 is 15.8 Å². The summed E-state index contributed by atoms with van der Waals surface area (Å²) in [5.41, 5.74) is 5.13. The second kappa shape index (κ2) is 7.70. The van der Waals surface area contributed by atoms with E-state index >= 15 is 0 Å². The average molecular weight is 318 g/mol. The van der Waals surface area contributed by atoms with Crippen molar-refractivity contribution in [2.45, 2.75) is 31.0 Å². The number of nitrogens with two attached hydrogens (primary N) is 1. The third-order valence-electron chi connectivity index (χ3n) is 3.48. The molecule has 6 nitrogen and oxygen atoms in total. The molecule has 0 bridgehead atoms. The molecular formula is C16H19FN4O2. The number of halogens is 1. The molecular weight excluding hydrogens is 299 g/mol. The molecule has 23 heavy (non-hydrogen) atoms. The van der Waals surface area contributed by atoms with Gasteiger partial charge >= 0.3 is 0 Å². The van der Waals surface area contributed by atoms with E-state index in [-0.39, 0.29) is 18.3 Å². The van der Waals surface area contributed by atoms with Gasteiger partial charge in [0.2, 0.25) is 0 Å². The van der Waals surface area contributed by atoms with Crippen LogP contribution in [0.15, 0.2) is 34.5 Å². The highest BCUT2D eigenvalue weighted by Crippen LogP contribution is 2.35. The number of nitrogens with one attached hydrogen (secondary N) is 1. The van der Waals surface area contributed by atoms with E-state index in [0.717, 1.165) is 0 Å². The van der Waals surface area contributed by atoms with Crippen molar-refractivity contribution >= 4 is 5.91 Å². The number of carbonyl (C=O) groups excluding carboxylic acids is 1. The highest BCUT2D eigenvalue weighted by Gasteiger charge is 2.38. The Morgan fingerprint density at radius 2 is 2.09 bits per heavy atom. The summed E-state index contributed by atoms with van der Waals surface area (Å²) in [6, 6.07) is 5.41. The fourth-order valence-corrected chi connectivity index (χ4v) is 2.05. The Hall–Kier alpha value is -2.46. The Balaban J connectivity index is 1.77. The predicted octanol–water partition coefficient (Wildman–Crippen LogP) is 1.61. The lowest BCUT2D eigenvalue weighted by molar-refractivity contribution is -0.127. The van der Waals surface area contributed by atoms with Crippen molar-refractivity contribution in [2.24, 2.45) is 16.0 Å².